The van der Waals surface area contributed by atoms with Gasteiger partial charge in [-0.1, -0.05) is 121 Å². The smallest absolute Gasteiger partial charge is 0.0984 e. The lowest BCUT2D eigenvalue weighted by atomic mass is 10.4. The summed E-state index contributed by atoms with van der Waals surface area (Å²) in [6, 6.07) is 43.4. The number of hydrogen-bond donors (Lipinski definition) is 0. The number of aryl methyl sites for hydroxylation is 1. The number of benzene rings is 4. The van der Waals surface area contributed by atoms with Crippen molar-refractivity contribution in [3.05, 3.63) is 128 Å². The van der Waals surface area contributed by atoms with E-state index in [2.05, 4.69) is 133 Å². The SMILES string of the molecule is Cn1cnc(P(c2ccccc2)c2ccccc2)c1P(c1ccccc1)c1ccccc1. The normalized spacial score (nSPS) is 11.2. The number of hydrogen-bond acceptors (Lipinski definition) is 1. The van der Waals surface area contributed by atoms with E-state index in [0.717, 1.165) is 0 Å². The molecule has 0 aliphatic carbocycles. The first-order valence-corrected chi connectivity index (χ1v) is 13.3. The lowest BCUT2D eigenvalue weighted by Crippen LogP contribution is -2.37. The second-order valence-corrected chi connectivity index (χ2v) is 11.8. The highest BCUT2D eigenvalue weighted by molar-refractivity contribution is 7.85. The van der Waals surface area contributed by atoms with E-state index >= 15 is 0 Å². The van der Waals surface area contributed by atoms with Crippen LogP contribution >= 0.6 is 15.8 Å². The van der Waals surface area contributed by atoms with Crippen molar-refractivity contribution < 1.29 is 0 Å². The Kier molecular flexibility index (Phi) is 6.26. The summed E-state index contributed by atoms with van der Waals surface area (Å²) in [5.41, 5.74) is 2.51. The lowest BCUT2D eigenvalue weighted by Gasteiger charge is -2.24. The van der Waals surface area contributed by atoms with Gasteiger partial charge in [-0.05, 0) is 21.2 Å². The minimum atomic E-state index is -0.775. The van der Waals surface area contributed by atoms with Gasteiger partial charge in [-0.2, -0.15) is 0 Å². The highest BCUT2D eigenvalue weighted by atomic mass is 31.1. The van der Waals surface area contributed by atoms with Crippen LogP contribution in [0.5, 0.6) is 0 Å². The zero-order chi connectivity index (χ0) is 21.8. The Bertz CT molecular complexity index is 1190. The van der Waals surface area contributed by atoms with Crippen molar-refractivity contribution in [2.45, 2.75) is 0 Å². The Morgan fingerprint density at radius 1 is 0.500 bits per heavy atom. The molecule has 0 amide bonds. The number of nitrogens with zero attached hydrogens (tertiary/aromatic N) is 2. The molecule has 1 aromatic heterocycles. The molecule has 0 spiro atoms. The molecule has 0 saturated heterocycles. The number of rotatable bonds is 6. The molecule has 32 heavy (non-hydrogen) atoms. The Hall–Kier alpha value is -3.05. The predicted molar refractivity (Wildman–Crippen MR) is 141 cm³/mol. The monoisotopic (exact) mass is 450 g/mol. The maximum atomic E-state index is 5.05. The summed E-state index contributed by atoms with van der Waals surface area (Å²) in [7, 11) is 0.613. The Labute approximate surface area is 192 Å². The van der Waals surface area contributed by atoms with Crippen LogP contribution in [0.15, 0.2) is 128 Å². The zero-order valence-corrected chi connectivity index (χ0v) is 19.7. The van der Waals surface area contributed by atoms with Crippen molar-refractivity contribution in [2.75, 3.05) is 0 Å². The van der Waals surface area contributed by atoms with Crippen LogP contribution in [0.2, 0.25) is 0 Å². The van der Waals surface area contributed by atoms with E-state index in [1.165, 1.54) is 32.1 Å². The van der Waals surface area contributed by atoms with Gasteiger partial charge in [0.05, 0.1) is 17.2 Å². The van der Waals surface area contributed by atoms with Gasteiger partial charge in [0.15, 0.2) is 0 Å². The van der Waals surface area contributed by atoms with Gasteiger partial charge in [0.1, 0.15) is 0 Å². The van der Waals surface area contributed by atoms with Gasteiger partial charge in [0, 0.05) is 22.9 Å². The van der Waals surface area contributed by atoms with Gasteiger partial charge >= 0.3 is 0 Å². The van der Waals surface area contributed by atoms with Gasteiger partial charge in [0.25, 0.3) is 0 Å². The first kappa shape index (κ1) is 20.8. The summed E-state index contributed by atoms with van der Waals surface area (Å²) in [5, 5.41) is 5.33. The molecule has 0 unspecified atom stereocenters. The first-order chi connectivity index (χ1) is 15.8. The zero-order valence-electron chi connectivity index (χ0n) is 17.9. The first-order valence-electron chi connectivity index (χ1n) is 10.6. The summed E-state index contributed by atoms with van der Waals surface area (Å²) < 4.78 is 2.24. The van der Waals surface area contributed by atoms with Gasteiger partial charge in [-0.25, -0.2) is 4.98 Å². The summed E-state index contributed by atoms with van der Waals surface area (Å²) in [6.07, 6.45) is 1.99. The van der Waals surface area contributed by atoms with Crippen molar-refractivity contribution in [1.82, 2.24) is 9.55 Å². The Morgan fingerprint density at radius 3 is 1.22 bits per heavy atom. The Morgan fingerprint density at radius 2 is 0.844 bits per heavy atom. The molecule has 0 bridgehead atoms. The fourth-order valence-electron chi connectivity index (χ4n) is 3.92. The highest BCUT2D eigenvalue weighted by Crippen LogP contribution is 2.38. The summed E-state index contributed by atoms with van der Waals surface area (Å²) >= 11 is 0. The second-order valence-electron chi connectivity index (χ2n) is 7.52. The van der Waals surface area contributed by atoms with E-state index in [1.807, 2.05) is 6.33 Å². The summed E-state index contributed by atoms with van der Waals surface area (Å²) in [5.74, 6) is 0. The molecule has 0 aliphatic heterocycles. The third kappa shape index (κ3) is 4.17. The molecule has 5 rings (SSSR count). The van der Waals surface area contributed by atoms with Gasteiger partial charge < -0.3 is 4.57 Å². The molecule has 5 aromatic rings. The molecule has 1 heterocycles. The van der Waals surface area contributed by atoms with Crippen molar-refractivity contribution in [3.63, 3.8) is 0 Å². The van der Waals surface area contributed by atoms with Crippen LogP contribution in [0, 0.1) is 0 Å². The molecule has 0 fully saturated rings. The van der Waals surface area contributed by atoms with Crippen LogP contribution in [0.25, 0.3) is 0 Å². The molecule has 0 radical (unpaired) electrons. The minimum Gasteiger partial charge on any atom is -0.333 e. The molecule has 4 heteroatoms. The van der Waals surface area contributed by atoms with Crippen molar-refractivity contribution in [1.29, 1.82) is 0 Å². The van der Waals surface area contributed by atoms with Crippen LogP contribution in [-0.2, 0) is 7.05 Å². The Balaban J connectivity index is 1.75. The molecule has 156 valence electrons. The number of imidazole rings is 1. The highest BCUT2D eigenvalue weighted by Gasteiger charge is 2.29. The van der Waals surface area contributed by atoms with Crippen molar-refractivity contribution >= 4 is 47.9 Å². The topological polar surface area (TPSA) is 17.8 Å². The third-order valence-electron chi connectivity index (χ3n) is 5.37. The van der Waals surface area contributed by atoms with Crippen LogP contribution in [0.4, 0.5) is 0 Å². The summed E-state index contributed by atoms with van der Waals surface area (Å²) in [4.78, 5) is 5.05. The van der Waals surface area contributed by atoms with E-state index in [-0.39, 0.29) is 0 Å². The van der Waals surface area contributed by atoms with Crippen LogP contribution in [-0.4, -0.2) is 9.55 Å². The predicted octanol–water partition coefficient (Wildman–Crippen LogP) is 3.94. The number of aromatic nitrogens is 2. The van der Waals surface area contributed by atoms with Crippen LogP contribution in [0.3, 0.4) is 0 Å². The van der Waals surface area contributed by atoms with Gasteiger partial charge in [0.2, 0.25) is 0 Å². The van der Waals surface area contributed by atoms with Gasteiger partial charge in [-0.15, -0.1) is 0 Å². The maximum Gasteiger partial charge on any atom is 0.0984 e. The molecule has 0 N–H and O–H groups in total. The quantitative estimate of drug-likeness (QED) is 0.359. The van der Waals surface area contributed by atoms with E-state index in [4.69, 9.17) is 4.98 Å². The molecular weight excluding hydrogens is 426 g/mol. The molecule has 0 saturated carbocycles. The largest absolute Gasteiger partial charge is 0.333 e. The fraction of sp³-hybridized carbons (Fsp3) is 0.0357. The van der Waals surface area contributed by atoms with E-state index in [0.29, 0.717) is 0 Å². The summed E-state index contributed by atoms with van der Waals surface area (Å²) in [6.45, 7) is 0. The van der Waals surface area contributed by atoms with Crippen LogP contribution in [0.1, 0.15) is 0 Å². The molecule has 2 nitrogen and oxygen atoms in total. The minimum absolute atomic E-state index is 0.747. The standard InChI is InChI=1S/C28H24N2P2/c1-30-22-29-27(31(23-14-6-2-7-15-23)24-16-8-3-9-17-24)28(30)32(25-18-10-4-11-19-25)26-20-12-5-13-21-26/h2-22H,1H3. The molecular formula is C28H24N2P2. The van der Waals surface area contributed by atoms with E-state index < -0.39 is 15.8 Å². The van der Waals surface area contributed by atoms with Crippen molar-refractivity contribution in [3.8, 4) is 0 Å². The average molecular weight is 450 g/mol. The van der Waals surface area contributed by atoms with Crippen LogP contribution < -0.4 is 32.1 Å². The van der Waals surface area contributed by atoms with Gasteiger partial charge in [-0.3, -0.25) is 0 Å². The lowest BCUT2D eigenvalue weighted by molar-refractivity contribution is 0.940. The van der Waals surface area contributed by atoms with E-state index in [9.17, 15) is 0 Å². The van der Waals surface area contributed by atoms with Crippen molar-refractivity contribution in [2.24, 2.45) is 7.05 Å². The molecule has 0 atom stereocenters. The third-order valence-corrected chi connectivity index (χ3v) is 10.5. The van der Waals surface area contributed by atoms with E-state index in [1.54, 1.807) is 0 Å². The molecule has 4 aromatic carbocycles. The molecule has 0 aliphatic rings. The fourth-order valence-corrected chi connectivity index (χ4v) is 9.13. The second kappa shape index (κ2) is 9.61. The average Bonchev–Trinajstić information content (AvgIpc) is 3.23. The maximum absolute atomic E-state index is 5.05.